The van der Waals surface area contributed by atoms with Crippen molar-refractivity contribution in [2.45, 2.75) is 77.3 Å². The zero-order valence-electron chi connectivity index (χ0n) is 32.3. The monoisotopic (exact) mass is 715 g/mol. The van der Waals surface area contributed by atoms with E-state index >= 15 is 0 Å². The summed E-state index contributed by atoms with van der Waals surface area (Å²) in [6.45, 7) is 15.1. The summed E-state index contributed by atoms with van der Waals surface area (Å²) in [4.78, 5) is 2.65. The van der Waals surface area contributed by atoms with Gasteiger partial charge in [-0.2, -0.15) is 0 Å². The van der Waals surface area contributed by atoms with Crippen LogP contribution in [0.3, 0.4) is 0 Å². The summed E-state index contributed by atoms with van der Waals surface area (Å²) in [6, 6.07) is 46.4. The fraction of sp³-hybridized carbons (Fsp3) is 0.240. The van der Waals surface area contributed by atoms with Gasteiger partial charge in [-0.25, -0.2) is 0 Å². The van der Waals surface area contributed by atoms with Gasteiger partial charge >= 0.3 is 0 Å². The predicted molar refractivity (Wildman–Crippen MR) is 233 cm³/mol. The number of nitrogens with zero attached hydrogens (tertiary/aromatic N) is 1. The van der Waals surface area contributed by atoms with Gasteiger partial charge < -0.3 is 9.32 Å². The van der Waals surface area contributed by atoms with Crippen molar-refractivity contribution in [3.05, 3.63) is 149 Å². The second kappa shape index (κ2) is 11.0. The predicted octanol–water partition coefficient (Wildman–Crippen LogP) is 9.80. The average Bonchev–Trinajstić information content (AvgIpc) is 3.57. The van der Waals surface area contributed by atoms with E-state index in [4.69, 9.17) is 4.42 Å². The molecule has 54 heavy (non-hydrogen) atoms. The number of allylic oxidation sites excluding steroid dienone is 2. The maximum absolute atomic E-state index is 6.59. The summed E-state index contributed by atoms with van der Waals surface area (Å²) in [5.74, 6) is 0. The molecule has 264 valence electrons. The Balaban J connectivity index is 1.14. The van der Waals surface area contributed by atoms with E-state index in [-0.39, 0.29) is 17.5 Å². The maximum Gasteiger partial charge on any atom is 0.241 e. The molecule has 0 N–H and O–H groups in total. The Bertz CT molecular complexity index is 2780. The van der Waals surface area contributed by atoms with Crippen LogP contribution in [0.5, 0.6) is 0 Å². The molecule has 0 radical (unpaired) electrons. The number of rotatable bonds is 2. The minimum Gasteiger partial charge on any atom is -0.455 e. The van der Waals surface area contributed by atoms with Gasteiger partial charge in [-0.1, -0.05) is 165 Å². The van der Waals surface area contributed by atoms with Crippen LogP contribution in [0.1, 0.15) is 70.1 Å². The Morgan fingerprint density at radius 2 is 1.39 bits per heavy atom. The summed E-state index contributed by atoms with van der Waals surface area (Å²) in [5, 5.41) is 5.50. The lowest BCUT2D eigenvalue weighted by Gasteiger charge is -2.48. The highest BCUT2D eigenvalue weighted by molar-refractivity contribution is 7.14. The number of hydrogen-bond donors (Lipinski definition) is 0. The lowest BCUT2D eigenvalue weighted by atomic mass is 9.31. The van der Waals surface area contributed by atoms with Crippen molar-refractivity contribution in [2.24, 2.45) is 0 Å². The lowest BCUT2D eigenvalue weighted by Crippen LogP contribution is -2.79. The smallest absolute Gasteiger partial charge is 0.241 e. The van der Waals surface area contributed by atoms with Crippen LogP contribution in [-0.2, 0) is 10.8 Å². The second-order valence-electron chi connectivity index (χ2n) is 17.9. The van der Waals surface area contributed by atoms with Gasteiger partial charge in [-0.05, 0) is 77.8 Å². The van der Waals surface area contributed by atoms with Crippen molar-refractivity contribution < 1.29 is 4.42 Å². The van der Waals surface area contributed by atoms with Crippen LogP contribution in [0.4, 0.5) is 11.4 Å². The van der Waals surface area contributed by atoms with Crippen molar-refractivity contribution in [3.8, 4) is 11.1 Å². The van der Waals surface area contributed by atoms with Crippen molar-refractivity contribution >= 4 is 74.9 Å². The van der Waals surface area contributed by atoms with E-state index < -0.39 is 8.07 Å². The van der Waals surface area contributed by atoms with Crippen molar-refractivity contribution in [1.29, 1.82) is 0 Å². The molecule has 2 nitrogen and oxygen atoms in total. The van der Waals surface area contributed by atoms with Crippen LogP contribution in [0.2, 0.25) is 13.1 Å². The van der Waals surface area contributed by atoms with Crippen molar-refractivity contribution in [2.75, 3.05) is 4.90 Å². The van der Waals surface area contributed by atoms with Gasteiger partial charge in [-0.15, -0.1) is 0 Å². The van der Waals surface area contributed by atoms with E-state index in [2.05, 4.69) is 167 Å². The summed E-state index contributed by atoms with van der Waals surface area (Å²) < 4.78 is 6.59. The first-order chi connectivity index (χ1) is 26.1. The molecule has 4 heteroatoms. The zero-order chi connectivity index (χ0) is 36.7. The molecule has 0 fully saturated rings. The largest absolute Gasteiger partial charge is 0.455 e. The highest BCUT2D eigenvalue weighted by Crippen LogP contribution is 2.52. The Hall–Kier alpha value is -5.06. The van der Waals surface area contributed by atoms with E-state index in [1.165, 1.54) is 85.8 Å². The van der Waals surface area contributed by atoms with Gasteiger partial charge in [0.15, 0.2) is 0 Å². The lowest BCUT2D eigenvalue weighted by molar-refractivity contribution is 0.517. The van der Waals surface area contributed by atoms with Gasteiger partial charge in [0.1, 0.15) is 19.2 Å². The van der Waals surface area contributed by atoms with E-state index in [0.717, 1.165) is 17.6 Å². The molecule has 3 aliphatic heterocycles. The van der Waals surface area contributed by atoms with Crippen molar-refractivity contribution in [1.82, 2.24) is 0 Å². The fourth-order valence-corrected chi connectivity index (χ4v) is 14.5. The normalized spacial score (nSPS) is 18.6. The highest BCUT2D eigenvalue weighted by atomic mass is 28.3. The van der Waals surface area contributed by atoms with Crippen LogP contribution in [-0.4, -0.2) is 14.8 Å². The molecule has 0 unspecified atom stereocenters. The fourth-order valence-electron chi connectivity index (χ4n) is 11.3. The van der Waals surface area contributed by atoms with E-state index in [1.54, 1.807) is 21.4 Å². The summed E-state index contributed by atoms with van der Waals surface area (Å²) in [7, 11) is -2.02. The van der Waals surface area contributed by atoms with Crippen LogP contribution in [0.15, 0.2) is 137 Å². The van der Waals surface area contributed by atoms with E-state index in [9.17, 15) is 0 Å². The molecule has 7 aromatic rings. The maximum atomic E-state index is 6.59. The topological polar surface area (TPSA) is 16.4 Å². The molecule has 0 bridgehead atoms. The number of fused-ring (bicyclic) bond motifs is 8. The zero-order valence-corrected chi connectivity index (χ0v) is 33.3. The molecule has 0 saturated heterocycles. The Morgan fingerprint density at radius 1 is 0.630 bits per heavy atom. The molecular formula is C50H46BNOSi. The summed E-state index contributed by atoms with van der Waals surface area (Å²) in [6.07, 6.45) is 4.85. The molecule has 0 spiro atoms. The summed E-state index contributed by atoms with van der Waals surface area (Å²) in [5.41, 5.74) is 18.9. The Morgan fingerprint density at radius 3 is 2.28 bits per heavy atom. The molecule has 4 aliphatic rings. The number of anilines is 2. The minimum atomic E-state index is -2.02. The van der Waals surface area contributed by atoms with E-state index in [1.807, 2.05) is 0 Å². The molecule has 4 heterocycles. The number of benzene rings is 6. The Labute approximate surface area is 320 Å². The molecule has 11 rings (SSSR count). The minimum absolute atomic E-state index is 0.0403. The first-order valence-electron chi connectivity index (χ1n) is 20.0. The van der Waals surface area contributed by atoms with Crippen LogP contribution in [0, 0.1) is 0 Å². The van der Waals surface area contributed by atoms with E-state index in [0.29, 0.717) is 0 Å². The third-order valence-corrected chi connectivity index (χ3v) is 17.6. The molecule has 0 amide bonds. The highest BCUT2D eigenvalue weighted by Gasteiger charge is 2.49. The molecule has 1 aliphatic carbocycles. The molecule has 6 aromatic carbocycles. The van der Waals surface area contributed by atoms with Gasteiger partial charge in [0.25, 0.3) is 0 Å². The van der Waals surface area contributed by atoms with Gasteiger partial charge in [0.05, 0.1) is 0 Å². The second-order valence-corrected chi connectivity index (χ2v) is 22.2. The first-order valence-corrected chi connectivity index (χ1v) is 23.0. The van der Waals surface area contributed by atoms with Gasteiger partial charge in [-0.3, -0.25) is 0 Å². The van der Waals surface area contributed by atoms with Crippen molar-refractivity contribution in [3.63, 3.8) is 0 Å². The molecule has 0 atom stereocenters. The third kappa shape index (κ3) is 4.18. The standard InChI is InChI=1S/C50H46BNOSi/c1-49(2)36-18-8-10-21-42(36)52(43-22-11-9-19-37(43)49)32-26-27-40-39(30-32)50(3,4)38-20-14-24-46-47(38)51(40)41-29-31(25-28-45(41)54(46,5)6)33-16-13-17-35-34-15-7-12-23-44(34)53-48(33)35/h7-8,10,12-18,20-21,23-30H,9,11,19,22H2,1-6H3. The number of furan rings is 1. The van der Waals surface area contributed by atoms with Crippen LogP contribution in [0.25, 0.3) is 33.1 Å². The average molecular weight is 716 g/mol. The van der Waals surface area contributed by atoms with Crippen LogP contribution >= 0.6 is 0 Å². The SMILES string of the molecule is CC1(C)C2=C(CCCC2)N(c2ccc3c(c2)C(C)(C)c2cccc4c2B3c2cc(-c3cccc5c3oc3ccccc35)ccc2[Si]4(C)C)c2ccccc21. The molecular weight excluding hydrogens is 669 g/mol. The summed E-state index contributed by atoms with van der Waals surface area (Å²) >= 11 is 0. The molecule has 1 aromatic heterocycles. The van der Waals surface area contributed by atoms with Crippen LogP contribution < -0.4 is 31.7 Å². The molecule has 0 saturated carbocycles. The van der Waals surface area contributed by atoms with Gasteiger partial charge in [0, 0.05) is 44.2 Å². The third-order valence-electron chi connectivity index (χ3n) is 14.1. The quantitative estimate of drug-likeness (QED) is 0.166. The number of para-hydroxylation sites is 3. The first kappa shape index (κ1) is 32.4. The number of hydrogen-bond acceptors (Lipinski definition) is 2. The van der Waals surface area contributed by atoms with Gasteiger partial charge in [0.2, 0.25) is 6.71 Å². The Kier molecular flexibility index (Phi) is 6.60.